The molecule has 0 saturated carbocycles. The molecule has 1 aromatic carbocycles. The van der Waals surface area contributed by atoms with Crippen LogP contribution < -0.4 is 5.32 Å². The number of aromatic nitrogens is 1. The monoisotopic (exact) mass is 733 g/mol. The van der Waals surface area contributed by atoms with E-state index in [0.717, 1.165) is 34.3 Å². The summed E-state index contributed by atoms with van der Waals surface area (Å²) in [4.78, 5) is 55.5. The number of hydrogen-bond acceptors (Lipinski definition) is 7. The van der Waals surface area contributed by atoms with Gasteiger partial charge in [0.1, 0.15) is 23.9 Å². The van der Waals surface area contributed by atoms with E-state index in [0.29, 0.717) is 5.69 Å². The Bertz CT molecular complexity index is 1470. The Morgan fingerprint density at radius 2 is 1.81 bits per heavy atom. The van der Waals surface area contributed by atoms with Gasteiger partial charge in [-0.05, 0) is 47.9 Å². The van der Waals surface area contributed by atoms with E-state index in [1.165, 1.54) is 4.90 Å². The lowest BCUT2D eigenvalue weighted by atomic mass is 9.85. The lowest BCUT2D eigenvalue weighted by molar-refractivity contribution is -0.154. The zero-order valence-electron chi connectivity index (χ0n) is 29.4. The number of ether oxygens (including phenoxy) is 3. The lowest BCUT2D eigenvalue weighted by Crippen LogP contribution is -2.57. The summed E-state index contributed by atoms with van der Waals surface area (Å²) in [5.74, 6) is -1.59. The van der Waals surface area contributed by atoms with Crippen molar-refractivity contribution >= 4 is 58.8 Å². The number of allylic oxidation sites excluding steroid dienone is 1. The van der Waals surface area contributed by atoms with Crippen molar-refractivity contribution in [3.8, 4) is 0 Å². The zero-order valence-corrected chi connectivity index (χ0v) is 32.0. The van der Waals surface area contributed by atoms with Crippen LogP contribution in [0.5, 0.6) is 0 Å². The molecule has 47 heavy (non-hydrogen) atoms. The SMILES string of the molecule is C=CCCC(C)(C)COC(=O)N[C@H](C(=O)N1C[C@H](OC(=O)c2cc3c(Br)cccc3n2C)C[C@H]1C(=O)OCC[Si](C)(C)C)C(C)(C)C. The summed E-state index contributed by atoms with van der Waals surface area (Å²) in [6.45, 7) is 20.2. The standard InChI is InChI=1S/C35H52BrN3O7Si/c1-11-12-16-35(5,6)22-45-33(43)37-29(34(2,3)4)30(40)39-21-23(19-28(39)31(41)44-17-18-47(8,9)10)46-32(42)27-20-24-25(36)14-13-15-26(24)38(27)7/h11,13-15,20,23,28-29H,1,12,16-19,21-22H2,2-10H3,(H,37,43)/t23-,28+,29-/m1/s1. The van der Waals surface area contributed by atoms with Gasteiger partial charge < -0.3 is 29.0 Å². The molecule has 0 spiro atoms. The van der Waals surface area contributed by atoms with E-state index in [9.17, 15) is 19.2 Å². The van der Waals surface area contributed by atoms with E-state index < -0.39 is 55.6 Å². The number of halogens is 1. The van der Waals surface area contributed by atoms with Crippen LogP contribution >= 0.6 is 15.9 Å². The predicted octanol–water partition coefficient (Wildman–Crippen LogP) is 7.08. The number of likely N-dealkylation sites (tertiary alicyclic amines) is 1. The Kier molecular flexibility index (Phi) is 12.6. The van der Waals surface area contributed by atoms with Crippen LogP contribution in [-0.4, -0.2) is 79.4 Å². The molecular weight excluding hydrogens is 682 g/mol. The number of rotatable bonds is 13. The molecule has 3 rings (SSSR count). The Morgan fingerprint density at radius 1 is 1.13 bits per heavy atom. The first-order chi connectivity index (χ1) is 21.7. The van der Waals surface area contributed by atoms with Crippen molar-refractivity contribution in [2.75, 3.05) is 19.8 Å². The van der Waals surface area contributed by atoms with Crippen molar-refractivity contribution in [3.05, 3.63) is 47.1 Å². The minimum atomic E-state index is -1.49. The minimum absolute atomic E-state index is 0.0239. The smallest absolute Gasteiger partial charge is 0.407 e. The maximum atomic E-state index is 14.2. The number of fused-ring (bicyclic) bond motifs is 1. The molecular formula is C35H52BrN3O7Si. The Hall–Kier alpha value is -3.12. The number of aryl methyl sites for hydroxylation is 1. The van der Waals surface area contributed by atoms with E-state index in [4.69, 9.17) is 14.2 Å². The molecule has 1 aromatic heterocycles. The number of nitrogens with zero attached hydrogens (tertiary/aromatic N) is 2. The van der Waals surface area contributed by atoms with E-state index >= 15 is 0 Å². The number of hydrogen-bond donors (Lipinski definition) is 1. The molecule has 0 radical (unpaired) electrons. The molecule has 2 aromatic rings. The van der Waals surface area contributed by atoms with Gasteiger partial charge in [-0.3, -0.25) is 4.79 Å². The molecule has 1 aliphatic rings. The maximum Gasteiger partial charge on any atom is 0.407 e. The highest BCUT2D eigenvalue weighted by atomic mass is 79.9. The molecule has 1 fully saturated rings. The fourth-order valence-electron chi connectivity index (χ4n) is 5.44. The van der Waals surface area contributed by atoms with E-state index in [-0.39, 0.29) is 31.6 Å². The molecule has 1 aliphatic heterocycles. The summed E-state index contributed by atoms with van der Waals surface area (Å²) in [7, 11) is 0.297. The van der Waals surface area contributed by atoms with Crippen molar-refractivity contribution in [1.82, 2.24) is 14.8 Å². The largest absolute Gasteiger partial charge is 0.464 e. The third-order valence-electron chi connectivity index (χ3n) is 8.43. The quantitative estimate of drug-likeness (QED) is 0.101. The predicted molar refractivity (Wildman–Crippen MR) is 190 cm³/mol. The second kappa shape index (κ2) is 15.4. The zero-order chi connectivity index (χ0) is 35.3. The number of carbonyl (C=O) groups excluding carboxylic acids is 4. The van der Waals surface area contributed by atoms with Gasteiger partial charge in [-0.15, -0.1) is 6.58 Å². The van der Waals surface area contributed by atoms with Crippen LogP contribution in [0.2, 0.25) is 25.7 Å². The topological polar surface area (TPSA) is 116 Å². The summed E-state index contributed by atoms with van der Waals surface area (Å²) in [6, 6.07) is 6.22. The Labute approximate surface area is 288 Å². The molecule has 0 unspecified atom stereocenters. The molecule has 12 heteroatoms. The van der Waals surface area contributed by atoms with Crippen LogP contribution in [0.4, 0.5) is 4.79 Å². The first kappa shape index (κ1) is 38.3. The minimum Gasteiger partial charge on any atom is -0.464 e. The first-order valence-corrected chi connectivity index (χ1v) is 20.7. The van der Waals surface area contributed by atoms with Gasteiger partial charge in [0.25, 0.3) is 0 Å². The molecule has 10 nitrogen and oxygen atoms in total. The van der Waals surface area contributed by atoms with Crippen LogP contribution in [0.3, 0.4) is 0 Å². The van der Waals surface area contributed by atoms with E-state index in [1.54, 1.807) is 17.7 Å². The lowest BCUT2D eigenvalue weighted by Gasteiger charge is -2.35. The maximum absolute atomic E-state index is 14.2. The van der Waals surface area contributed by atoms with Crippen molar-refractivity contribution in [1.29, 1.82) is 0 Å². The van der Waals surface area contributed by atoms with Crippen molar-refractivity contribution < 1.29 is 33.4 Å². The molecule has 260 valence electrons. The van der Waals surface area contributed by atoms with Gasteiger partial charge in [-0.25, -0.2) is 14.4 Å². The molecule has 2 heterocycles. The fraction of sp³-hybridized carbons (Fsp3) is 0.600. The summed E-state index contributed by atoms with van der Waals surface area (Å²) >= 11 is 3.54. The fourth-order valence-corrected chi connectivity index (χ4v) is 6.62. The van der Waals surface area contributed by atoms with Gasteiger partial charge in [0, 0.05) is 36.9 Å². The van der Waals surface area contributed by atoms with Crippen molar-refractivity contribution in [3.63, 3.8) is 0 Å². The van der Waals surface area contributed by atoms with Gasteiger partial charge in [0.2, 0.25) is 5.91 Å². The molecule has 2 amide bonds. The van der Waals surface area contributed by atoms with Gasteiger partial charge in [-0.1, -0.05) is 82.3 Å². The summed E-state index contributed by atoms with van der Waals surface area (Å²) in [5, 5.41) is 3.62. The summed E-state index contributed by atoms with van der Waals surface area (Å²) in [6.07, 6.45) is 2.00. The number of nitrogens with one attached hydrogen (secondary N) is 1. The van der Waals surface area contributed by atoms with Gasteiger partial charge in [0.05, 0.1) is 19.8 Å². The number of amides is 2. The highest BCUT2D eigenvalue weighted by molar-refractivity contribution is 9.10. The second-order valence-electron chi connectivity index (χ2n) is 15.5. The molecule has 0 aliphatic carbocycles. The Balaban J connectivity index is 1.83. The first-order valence-electron chi connectivity index (χ1n) is 16.2. The second-order valence-corrected chi connectivity index (χ2v) is 22.0. The normalized spacial score (nSPS) is 17.7. The average molecular weight is 735 g/mol. The molecule has 1 saturated heterocycles. The molecule has 0 bridgehead atoms. The number of esters is 2. The molecule has 1 N–H and O–H groups in total. The van der Waals surface area contributed by atoms with Crippen LogP contribution in [0.15, 0.2) is 41.4 Å². The van der Waals surface area contributed by atoms with Crippen LogP contribution in [-0.2, 0) is 30.8 Å². The van der Waals surface area contributed by atoms with Gasteiger partial charge in [0.15, 0.2) is 0 Å². The average Bonchev–Trinajstić information content (AvgIpc) is 3.54. The number of carbonyl (C=O) groups is 4. The van der Waals surface area contributed by atoms with Gasteiger partial charge in [-0.2, -0.15) is 0 Å². The summed E-state index contributed by atoms with van der Waals surface area (Å²) < 4.78 is 19.8. The molecule has 3 atom stereocenters. The number of alkyl carbamates (subject to hydrolysis) is 1. The highest BCUT2D eigenvalue weighted by Gasteiger charge is 2.47. The third-order valence-corrected chi connectivity index (χ3v) is 10.8. The van der Waals surface area contributed by atoms with Crippen LogP contribution in [0.25, 0.3) is 10.9 Å². The van der Waals surface area contributed by atoms with Crippen molar-refractivity contribution in [2.24, 2.45) is 17.9 Å². The summed E-state index contributed by atoms with van der Waals surface area (Å²) in [5.41, 5.74) is 0.197. The Morgan fingerprint density at radius 3 is 2.40 bits per heavy atom. The number of benzene rings is 1. The highest BCUT2D eigenvalue weighted by Crippen LogP contribution is 2.31. The van der Waals surface area contributed by atoms with Crippen LogP contribution in [0, 0.1) is 10.8 Å². The van der Waals surface area contributed by atoms with Gasteiger partial charge >= 0.3 is 18.0 Å². The van der Waals surface area contributed by atoms with Crippen LogP contribution in [0.1, 0.15) is 64.4 Å². The third kappa shape index (κ3) is 10.4. The van der Waals surface area contributed by atoms with E-state index in [1.807, 2.05) is 58.9 Å². The van der Waals surface area contributed by atoms with E-state index in [2.05, 4.69) is 47.5 Å². The van der Waals surface area contributed by atoms with Crippen molar-refractivity contribution in [2.45, 2.75) is 97.8 Å².